The zero-order valence-electron chi connectivity index (χ0n) is 12.0. The Morgan fingerprint density at radius 3 is 2.22 bits per heavy atom. The van der Waals surface area contributed by atoms with E-state index in [1.54, 1.807) is 0 Å². The quantitative estimate of drug-likeness (QED) is 0.668. The van der Waals surface area contributed by atoms with E-state index in [0.29, 0.717) is 13.1 Å². The summed E-state index contributed by atoms with van der Waals surface area (Å²) in [5, 5.41) is 12.6. The number of aliphatic hydroxyl groups excluding tert-OH is 1. The van der Waals surface area contributed by atoms with E-state index in [4.69, 9.17) is 5.73 Å². The van der Waals surface area contributed by atoms with Crippen LogP contribution in [0.25, 0.3) is 0 Å². The number of nitrogens with one attached hydrogen (secondary N) is 1. The van der Waals surface area contributed by atoms with Crippen LogP contribution in [-0.4, -0.2) is 30.8 Å². The van der Waals surface area contributed by atoms with Crippen molar-refractivity contribution >= 4 is 0 Å². The van der Waals surface area contributed by atoms with Crippen LogP contribution in [0.1, 0.15) is 27.8 Å². The highest BCUT2D eigenvalue weighted by molar-refractivity contribution is 5.44. The Hall–Kier alpha value is -0.900. The van der Waals surface area contributed by atoms with Crippen LogP contribution < -0.4 is 11.1 Å². The van der Waals surface area contributed by atoms with Gasteiger partial charge in [0.1, 0.15) is 0 Å². The lowest BCUT2D eigenvalue weighted by molar-refractivity contribution is 0.180. The minimum atomic E-state index is -0.438. The lowest BCUT2D eigenvalue weighted by Crippen LogP contribution is -2.33. The lowest BCUT2D eigenvalue weighted by atomic mass is 9.92. The molecule has 0 bridgehead atoms. The molecule has 1 rings (SSSR count). The molecule has 18 heavy (non-hydrogen) atoms. The maximum atomic E-state index is 9.37. The normalized spacial score (nSPS) is 12.8. The van der Waals surface area contributed by atoms with Gasteiger partial charge >= 0.3 is 0 Å². The highest BCUT2D eigenvalue weighted by Crippen LogP contribution is 2.21. The van der Waals surface area contributed by atoms with Crippen LogP contribution in [0.15, 0.2) is 6.07 Å². The van der Waals surface area contributed by atoms with E-state index in [2.05, 4.69) is 39.1 Å². The van der Waals surface area contributed by atoms with Crippen molar-refractivity contribution in [2.24, 2.45) is 5.73 Å². The van der Waals surface area contributed by atoms with Gasteiger partial charge in [-0.25, -0.2) is 0 Å². The molecule has 3 nitrogen and oxygen atoms in total. The predicted octanol–water partition coefficient (Wildman–Crippen LogP) is 1.37. The van der Waals surface area contributed by atoms with Crippen molar-refractivity contribution in [3.05, 3.63) is 33.9 Å². The van der Waals surface area contributed by atoms with Crippen LogP contribution >= 0.6 is 0 Å². The average Bonchev–Trinajstić information content (AvgIpc) is 2.35. The Labute approximate surface area is 110 Å². The molecule has 1 unspecified atom stereocenters. The highest BCUT2D eigenvalue weighted by atomic mass is 16.3. The summed E-state index contributed by atoms with van der Waals surface area (Å²) in [4.78, 5) is 0. The number of benzene rings is 1. The van der Waals surface area contributed by atoms with E-state index in [9.17, 15) is 5.11 Å². The summed E-state index contributed by atoms with van der Waals surface area (Å²) in [5.41, 5.74) is 12.3. The van der Waals surface area contributed by atoms with Crippen LogP contribution in [0, 0.1) is 27.7 Å². The zero-order valence-corrected chi connectivity index (χ0v) is 12.0. The molecular formula is C15H26N2O. The first kappa shape index (κ1) is 15.2. The van der Waals surface area contributed by atoms with Crippen molar-refractivity contribution < 1.29 is 5.11 Å². The Morgan fingerprint density at radius 2 is 1.72 bits per heavy atom. The first-order chi connectivity index (χ1) is 8.47. The highest BCUT2D eigenvalue weighted by Gasteiger charge is 2.08. The Kier molecular flexibility index (Phi) is 5.79. The molecule has 4 N–H and O–H groups in total. The molecule has 1 aromatic carbocycles. The number of aryl methyl sites for hydroxylation is 2. The Balaban J connectivity index is 2.62. The van der Waals surface area contributed by atoms with Gasteiger partial charge in [0.25, 0.3) is 0 Å². The van der Waals surface area contributed by atoms with Gasteiger partial charge < -0.3 is 16.2 Å². The maximum absolute atomic E-state index is 9.37. The molecule has 1 atom stereocenters. The van der Waals surface area contributed by atoms with Crippen molar-refractivity contribution in [3.63, 3.8) is 0 Å². The van der Waals surface area contributed by atoms with Gasteiger partial charge in [0.2, 0.25) is 0 Å². The standard InChI is InChI=1S/C15H26N2O/c1-10-7-11(2)13(4)15(12(10)3)5-6-17-9-14(18)8-16/h7,14,17-18H,5-6,8-9,16H2,1-4H3. The number of aliphatic hydroxyl groups is 1. The molecule has 0 spiro atoms. The van der Waals surface area contributed by atoms with Crippen molar-refractivity contribution in [2.75, 3.05) is 19.6 Å². The fourth-order valence-corrected chi connectivity index (χ4v) is 2.24. The molecule has 102 valence electrons. The molecule has 0 aromatic heterocycles. The average molecular weight is 250 g/mol. The van der Waals surface area contributed by atoms with Gasteiger partial charge in [0, 0.05) is 13.1 Å². The van der Waals surface area contributed by atoms with E-state index in [1.807, 2.05) is 0 Å². The van der Waals surface area contributed by atoms with Crippen molar-refractivity contribution in [3.8, 4) is 0 Å². The summed E-state index contributed by atoms with van der Waals surface area (Å²) < 4.78 is 0. The number of hydrogen-bond acceptors (Lipinski definition) is 3. The third-order valence-corrected chi connectivity index (χ3v) is 3.73. The fraction of sp³-hybridized carbons (Fsp3) is 0.600. The third-order valence-electron chi connectivity index (χ3n) is 3.73. The Morgan fingerprint density at radius 1 is 1.17 bits per heavy atom. The van der Waals surface area contributed by atoms with Crippen molar-refractivity contribution in [2.45, 2.75) is 40.2 Å². The van der Waals surface area contributed by atoms with E-state index in [0.717, 1.165) is 13.0 Å². The van der Waals surface area contributed by atoms with E-state index < -0.39 is 6.10 Å². The molecule has 0 fully saturated rings. The molecule has 1 aromatic rings. The van der Waals surface area contributed by atoms with Crippen LogP contribution in [0.5, 0.6) is 0 Å². The summed E-state index contributed by atoms with van der Waals surface area (Å²) in [6.07, 6.45) is 0.559. The van der Waals surface area contributed by atoms with Crippen LogP contribution in [0.3, 0.4) is 0 Å². The summed E-state index contributed by atoms with van der Waals surface area (Å²) in [6.45, 7) is 10.5. The molecule has 0 aliphatic carbocycles. The maximum Gasteiger partial charge on any atom is 0.0786 e. The molecular weight excluding hydrogens is 224 g/mol. The van der Waals surface area contributed by atoms with Crippen LogP contribution in [0.2, 0.25) is 0 Å². The van der Waals surface area contributed by atoms with Gasteiger partial charge in [-0.1, -0.05) is 6.07 Å². The van der Waals surface area contributed by atoms with Gasteiger partial charge in [0.05, 0.1) is 6.10 Å². The summed E-state index contributed by atoms with van der Waals surface area (Å²) in [7, 11) is 0. The number of nitrogens with two attached hydrogens (primary N) is 1. The largest absolute Gasteiger partial charge is 0.390 e. The minimum absolute atomic E-state index is 0.314. The topological polar surface area (TPSA) is 58.3 Å². The number of hydrogen-bond donors (Lipinski definition) is 3. The number of rotatable bonds is 6. The second-order valence-electron chi connectivity index (χ2n) is 5.08. The molecule has 3 heteroatoms. The molecule has 0 aliphatic rings. The summed E-state index contributed by atoms with van der Waals surface area (Å²) >= 11 is 0. The van der Waals surface area contributed by atoms with Gasteiger partial charge in [-0.3, -0.25) is 0 Å². The molecule has 0 amide bonds. The zero-order chi connectivity index (χ0) is 13.7. The second kappa shape index (κ2) is 6.88. The molecule has 0 aliphatic heterocycles. The summed E-state index contributed by atoms with van der Waals surface area (Å²) in [5.74, 6) is 0. The van der Waals surface area contributed by atoms with Crippen molar-refractivity contribution in [1.82, 2.24) is 5.32 Å². The van der Waals surface area contributed by atoms with E-state index in [-0.39, 0.29) is 0 Å². The van der Waals surface area contributed by atoms with E-state index in [1.165, 1.54) is 27.8 Å². The smallest absolute Gasteiger partial charge is 0.0786 e. The van der Waals surface area contributed by atoms with Gasteiger partial charge in [0.15, 0.2) is 0 Å². The fourth-order valence-electron chi connectivity index (χ4n) is 2.24. The lowest BCUT2D eigenvalue weighted by Gasteiger charge is -2.16. The second-order valence-corrected chi connectivity index (χ2v) is 5.08. The molecule has 0 saturated heterocycles. The SMILES string of the molecule is Cc1cc(C)c(C)c(CCNCC(O)CN)c1C. The molecule has 0 saturated carbocycles. The van der Waals surface area contributed by atoms with Crippen molar-refractivity contribution in [1.29, 1.82) is 0 Å². The summed E-state index contributed by atoms with van der Waals surface area (Å²) in [6, 6.07) is 2.25. The first-order valence-corrected chi connectivity index (χ1v) is 6.62. The van der Waals surface area contributed by atoms with Crippen LogP contribution in [-0.2, 0) is 6.42 Å². The minimum Gasteiger partial charge on any atom is -0.390 e. The van der Waals surface area contributed by atoms with Crippen LogP contribution in [0.4, 0.5) is 0 Å². The van der Waals surface area contributed by atoms with Gasteiger partial charge in [-0.05, 0) is 68.5 Å². The van der Waals surface area contributed by atoms with E-state index >= 15 is 0 Å². The van der Waals surface area contributed by atoms with Gasteiger partial charge in [-0.2, -0.15) is 0 Å². The monoisotopic (exact) mass is 250 g/mol. The predicted molar refractivity (Wildman–Crippen MR) is 77.0 cm³/mol. The Bertz CT molecular complexity index is 376. The van der Waals surface area contributed by atoms with Gasteiger partial charge in [-0.15, -0.1) is 0 Å². The molecule has 0 heterocycles. The molecule has 0 radical (unpaired) electrons. The first-order valence-electron chi connectivity index (χ1n) is 6.62. The third kappa shape index (κ3) is 3.80.